The highest BCUT2D eigenvalue weighted by Crippen LogP contribution is 2.50. The van der Waals surface area contributed by atoms with E-state index < -0.39 is 5.66 Å². The van der Waals surface area contributed by atoms with Crippen molar-refractivity contribution in [1.82, 2.24) is 0 Å². The van der Waals surface area contributed by atoms with Crippen LogP contribution in [-0.2, 0) is 25.6 Å². The lowest BCUT2D eigenvalue weighted by Crippen LogP contribution is -2.71. The molecule has 1 spiro atoms. The molecule has 0 aliphatic carbocycles. The summed E-state index contributed by atoms with van der Waals surface area (Å²) in [6.07, 6.45) is 8.60. The molecule has 1 atom stereocenters. The number of methoxy groups -OCH3 is 1. The Morgan fingerprint density at radius 1 is 0.556 bits per heavy atom. The average molecular weight is 591 g/mol. The van der Waals surface area contributed by atoms with E-state index in [2.05, 4.69) is 169 Å². The van der Waals surface area contributed by atoms with E-state index in [1.807, 2.05) is 0 Å². The summed E-state index contributed by atoms with van der Waals surface area (Å²) < 4.78 is 12.8. The number of aromatic nitrogens is 3. The Labute approximate surface area is 266 Å². The van der Waals surface area contributed by atoms with Crippen LogP contribution in [-0.4, -0.2) is 7.11 Å². The molecule has 4 nitrogen and oxygen atoms in total. The van der Waals surface area contributed by atoms with Crippen LogP contribution in [0.4, 0.5) is 0 Å². The maximum Gasteiger partial charge on any atom is 0.417 e. The monoisotopic (exact) mass is 590 g/mol. The van der Waals surface area contributed by atoms with Gasteiger partial charge in [-0.05, 0) is 72.9 Å². The molecule has 0 fully saturated rings. The highest BCUT2D eigenvalue weighted by molar-refractivity contribution is 5.78. The number of hydrogen-bond donors (Lipinski definition) is 0. The van der Waals surface area contributed by atoms with E-state index in [-0.39, 0.29) is 0 Å². The lowest BCUT2D eigenvalue weighted by molar-refractivity contribution is -0.955. The molecule has 5 heterocycles. The van der Waals surface area contributed by atoms with Crippen molar-refractivity contribution in [3.8, 4) is 39.5 Å². The van der Waals surface area contributed by atoms with Crippen molar-refractivity contribution in [1.29, 1.82) is 0 Å². The quantitative estimate of drug-likeness (QED) is 0.200. The molecule has 1 unspecified atom stereocenters. The lowest BCUT2D eigenvalue weighted by Gasteiger charge is -2.17. The van der Waals surface area contributed by atoms with E-state index in [0.717, 1.165) is 18.6 Å². The summed E-state index contributed by atoms with van der Waals surface area (Å²) in [7, 11) is 3.86. The minimum Gasteiger partial charge on any atom is -0.496 e. The van der Waals surface area contributed by atoms with Gasteiger partial charge in [-0.1, -0.05) is 50.2 Å². The molecule has 3 aromatic heterocycles. The fourth-order valence-corrected chi connectivity index (χ4v) is 7.55. The second kappa shape index (κ2) is 11.4. The van der Waals surface area contributed by atoms with Crippen LogP contribution in [0.1, 0.15) is 41.7 Å². The predicted octanol–water partition coefficient (Wildman–Crippen LogP) is 7.14. The molecule has 222 valence electrons. The third-order valence-electron chi connectivity index (χ3n) is 9.51. The Bertz CT molecular complexity index is 1960. The van der Waals surface area contributed by atoms with Crippen LogP contribution in [0.5, 0.6) is 5.75 Å². The number of nitrogens with zero attached hydrogens (tertiary/aromatic N) is 3. The molecule has 6 aromatic rings. The van der Waals surface area contributed by atoms with Gasteiger partial charge in [0.2, 0.25) is 17.1 Å². The zero-order chi connectivity index (χ0) is 31.1. The van der Waals surface area contributed by atoms with Gasteiger partial charge in [-0.15, -0.1) is 9.13 Å². The highest BCUT2D eigenvalue weighted by atomic mass is 16.5. The van der Waals surface area contributed by atoms with E-state index in [0.29, 0.717) is 0 Å². The van der Waals surface area contributed by atoms with E-state index in [1.54, 1.807) is 7.11 Å². The number of aryl methyl sites for hydroxylation is 4. The molecule has 4 heteroatoms. The zero-order valence-electron chi connectivity index (χ0n) is 26.8. The zero-order valence-corrected chi connectivity index (χ0v) is 26.8. The first-order valence-electron chi connectivity index (χ1n) is 15.9. The number of hydrogen-bond acceptors (Lipinski definition) is 1. The summed E-state index contributed by atoms with van der Waals surface area (Å²) in [5.41, 5.74) is 13.9. The van der Waals surface area contributed by atoms with Crippen molar-refractivity contribution in [2.24, 2.45) is 7.05 Å². The molecular formula is C41H40N3O+3. The van der Waals surface area contributed by atoms with E-state index in [9.17, 15) is 0 Å². The fourth-order valence-electron chi connectivity index (χ4n) is 7.55. The van der Waals surface area contributed by atoms with Gasteiger partial charge in [0.25, 0.3) is 0 Å². The number of rotatable bonds is 4. The molecule has 3 aromatic carbocycles. The first-order chi connectivity index (χ1) is 22.1. The second-order valence-electron chi connectivity index (χ2n) is 11.8. The normalized spacial score (nSPS) is 15.0. The Morgan fingerprint density at radius 3 is 1.71 bits per heavy atom. The Kier molecular flexibility index (Phi) is 7.29. The summed E-state index contributed by atoms with van der Waals surface area (Å²) in [5.74, 6) is 0.914. The molecule has 0 amide bonds. The van der Waals surface area contributed by atoms with Gasteiger partial charge in [0, 0.05) is 36.4 Å². The van der Waals surface area contributed by atoms with Crippen LogP contribution in [0.3, 0.4) is 0 Å². The van der Waals surface area contributed by atoms with Gasteiger partial charge >= 0.3 is 5.66 Å². The average Bonchev–Trinajstić information content (AvgIpc) is 3.56. The number of pyridine rings is 3. The Morgan fingerprint density at radius 2 is 1.09 bits per heavy atom. The molecule has 45 heavy (non-hydrogen) atoms. The minimum absolute atomic E-state index is 0.447. The number of ether oxygens (including phenoxy) is 1. The first kappa shape index (κ1) is 28.7. The van der Waals surface area contributed by atoms with Crippen LogP contribution in [0.25, 0.3) is 33.8 Å². The first-order valence-corrected chi connectivity index (χ1v) is 15.9. The minimum atomic E-state index is -0.447. The molecule has 0 saturated heterocycles. The number of benzene rings is 3. The van der Waals surface area contributed by atoms with Crippen LogP contribution >= 0.6 is 0 Å². The van der Waals surface area contributed by atoms with Crippen molar-refractivity contribution < 1.29 is 18.4 Å². The predicted molar refractivity (Wildman–Crippen MR) is 179 cm³/mol. The molecule has 2 aliphatic rings. The third-order valence-corrected chi connectivity index (χ3v) is 9.51. The maximum absolute atomic E-state index is 5.81. The van der Waals surface area contributed by atoms with Gasteiger partial charge < -0.3 is 4.74 Å². The number of fused-ring (bicyclic) bond motifs is 10. The summed E-state index contributed by atoms with van der Waals surface area (Å²) >= 11 is 0. The van der Waals surface area contributed by atoms with E-state index in [1.165, 1.54) is 61.6 Å². The van der Waals surface area contributed by atoms with Gasteiger partial charge in [0.1, 0.15) is 29.5 Å². The molecule has 8 rings (SSSR count). The topological polar surface area (TPSA) is 20.9 Å². The lowest BCUT2D eigenvalue weighted by atomic mass is 9.87. The smallest absolute Gasteiger partial charge is 0.417 e. The summed E-state index contributed by atoms with van der Waals surface area (Å²) in [5, 5.41) is 0. The van der Waals surface area contributed by atoms with Gasteiger partial charge in [-0.3, -0.25) is 0 Å². The Hall–Kier alpha value is -5.09. The summed E-state index contributed by atoms with van der Waals surface area (Å²) in [4.78, 5) is 0. The van der Waals surface area contributed by atoms with Crippen molar-refractivity contribution in [3.05, 3.63) is 156 Å². The summed E-state index contributed by atoms with van der Waals surface area (Å²) in [6, 6.07) is 39.0. The van der Waals surface area contributed by atoms with Crippen molar-refractivity contribution in [2.75, 3.05) is 7.11 Å². The highest BCUT2D eigenvalue weighted by Gasteiger charge is 2.67. The van der Waals surface area contributed by atoms with Crippen molar-refractivity contribution >= 4 is 0 Å². The molecule has 0 radical (unpaired) electrons. The Balaban J connectivity index is 0.000000173. The van der Waals surface area contributed by atoms with Crippen molar-refractivity contribution in [2.45, 2.75) is 39.3 Å². The van der Waals surface area contributed by atoms with E-state index in [4.69, 9.17) is 4.74 Å². The molecule has 2 aliphatic heterocycles. The SMILES string of the molecule is CCc1cccc(C)c1-c1cccc[n+]1C.CCc1cccc2c1-c1cccc[n+]1C21c2cccc(OC)c2-c2cccc[n+]21. The van der Waals surface area contributed by atoms with Crippen LogP contribution in [0.2, 0.25) is 0 Å². The van der Waals surface area contributed by atoms with Gasteiger partial charge in [-0.2, -0.15) is 0 Å². The standard InChI is InChI=1S/C26H22N2O.C15H18N/c1-3-18-10-8-11-19-24(18)21-13-4-6-16-27(21)26(19)20-12-9-15-23(29-2)25(20)22-14-5-7-17-28(22)26;1-4-13-9-7-8-12(2)15(13)14-10-5-6-11-16(14)3/h4-17H,3H2,1-2H3;5-11H,4H2,1-3H3/q+2;+1. The molecule has 0 N–H and O–H groups in total. The summed E-state index contributed by atoms with van der Waals surface area (Å²) in [6.45, 7) is 6.63. The van der Waals surface area contributed by atoms with Crippen molar-refractivity contribution in [3.63, 3.8) is 0 Å². The van der Waals surface area contributed by atoms with Crippen LogP contribution < -0.4 is 18.4 Å². The second-order valence-corrected chi connectivity index (χ2v) is 11.8. The van der Waals surface area contributed by atoms with Crippen LogP contribution in [0.15, 0.2) is 128 Å². The van der Waals surface area contributed by atoms with E-state index >= 15 is 0 Å². The fraction of sp³-hybridized carbons (Fsp3) is 0.195. The van der Waals surface area contributed by atoms with Gasteiger partial charge in [-0.25, -0.2) is 4.57 Å². The van der Waals surface area contributed by atoms with Crippen LogP contribution in [0, 0.1) is 6.92 Å². The maximum atomic E-state index is 5.81. The third kappa shape index (κ3) is 4.23. The molecule has 0 bridgehead atoms. The molecule has 0 saturated carbocycles. The largest absolute Gasteiger partial charge is 0.496 e. The molecular weight excluding hydrogens is 550 g/mol. The van der Waals surface area contributed by atoms with Gasteiger partial charge in [0.05, 0.1) is 18.2 Å². The van der Waals surface area contributed by atoms with Gasteiger partial charge in [0.15, 0.2) is 18.6 Å².